The van der Waals surface area contributed by atoms with Gasteiger partial charge in [0.25, 0.3) is 5.69 Å². The van der Waals surface area contributed by atoms with E-state index in [2.05, 4.69) is 0 Å². The first-order valence-electron chi connectivity index (χ1n) is 5.88. The van der Waals surface area contributed by atoms with E-state index in [1.54, 1.807) is 12.1 Å². The number of nitrogens with zero attached hydrogens (tertiary/aromatic N) is 1. The van der Waals surface area contributed by atoms with Crippen molar-refractivity contribution < 1.29 is 9.72 Å². The van der Waals surface area contributed by atoms with Crippen molar-refractivity contribution in [2.75, 3.05) is 0 Å². The van der Waals surface area contributed by atoms with Gasteiger partial charge in [-0.3, -0.25) is 14.9 Å². The Kier molecular flexibility index (Phi) is 4.06. The minimum atomic E-state index is -0.628. The average Bonchev–Trinajstić information content (AvgIpc) is 2.26. The molecular formula is C13H18N2O3. The SMILES string of the molecule is CC(C)c1ccc(C(N)=O)c(C(C)C)c1[N+](=O)[O-]. The first kappa shape index (κ1) is 14.2. The molecule has 18 heavy (non-hydrogen) atoms. The highest BCUT2D eigenvalue weighted by Crippen LogP contribution is 2.36. The summed E-state index contributed by atoms with van der Waals surface area (Å²) in [6.07, 6.45) is 0. The fourth-order valence-electron chi connectivity index (χ4n) is 2.09. The molecule has 0 fully saturated rings. The number of nitrogens with two attached hydrogens (primary N) is 1. The molecule has 5 nitrogen and oxygen atoms in total. The molecule has 0 bridgehead atoms. The highest BCUT2D eigenvalue weighted by atomic mass is 16.6. The second kappa shape index (κ2) is 5.16. The topological polar surface area (TPSA) is 86.2 Å². The molecule has 98 valence electrons. The van der Waals surface area contributed by atoms with Crippen molar-refractivity contribution in [3.63, 3.8) is 0 Å². The van der Waals surface area contributed by atoms with Gasteiger partial charge in [-0.2, -0.15) is 0 Å². The zero-order chi connectivity index (χ0) is 14.0. The van der Waals surface area contributed by atoms with Crippen LogP contribution in [0.15, 0.2) is 12.1 Å². The number of nitro groups is 1. The van der Waals surface area contributed by atoms with Gasteiger partial charge in [0.1, 0.15) is 0 Å². The van der Waals surface area contributed by atoms with Crippen LogP contribution in [-0.2, 0) is 0 Å². The lowest BCUT2D eigenvalue weighted by atomic mass is 9.89. The summed E-state index contributed by atoms with van der Waals surface area (Å²) in [4.78, 5) is 22.2. The van der Waals surface area contributed by atoms with E-state index in [4.69, 9.17) is 5.73 Å². The van der Waals surface area contributed by atoms with Gasteiger partial charge in [0.2, 0.25) is 5.91 Å². The van der Waals surface area contributed by atoms with Crippen LogP contribution >= 0.6 is 0 Å². The van der Waals surface area contributed by atoms with E-state index in [1.807, 2.05) is 27.7 Å². The molecule has 0 atom stereocenters. The second-order valence-corrected chi connectivity index (χ2v) is 4.90. The van der Waals surface area contributed by atoms with Crippen molar-refractivity contribution in [1.29, 1.82) is 0 Å². The monoisotopic (exact) mass is 250 g/mol. The normalized spacial score (nSPS) is 11.0. The van der Waals surface area contributed by atoms with Crippen molar-refractivity contribution >= 4 is 11.6 Å². The summed E-state index contributed by atoms with van der Waals surface area (Å²) in [6.45, 7) is 7.41. The Labute approximate surface area is 106 Å². The average molecular weight is 250 g/mol. The quantitative estimate of drug-likeness (QED) is 0.658. The van der Waals surface area contributed by atoms with Gasteiger partial charge in [-0.25, -0.2) is 0 Å². The highest BCUT2D eigenvalue weighted by Gasteiger charge is 2.27. The molecular weight excluding hydrogens is 232 g/mol. The van der Waals surface area contributed by atoms with Gasteiger partial charge < -0.3 is 5.73 Å². The Morgan fingerprint density at radius 1 is 1.22 bits per heavy atom. The Morgan fingerprint density at radius 2 is 1.78 bits per heavy atom. The van der Waals surface area contributed by atoms with Crippen LogP contribution in [0.25, 0.3) is 0 Å². The van der Waals surface area contributed by atoms with Crippen LogP contribution in [-0.4, -0.2) is 10.8 Å². The van der Waals surface area contributed by atoms with Crippen LogP contribution in [0.3, 0.4) is 0 Å². The van der Waals surface area contributed by atoms with Crippen LogP contribution in [0, 0.1) is 10.1 Å². The summed E-state index contributed by atoms with van der Waals surface area (Å²) >= 11 is 0. The molecule has 5 heteroatoms. The molecule has 0 aromatic heterocycles. The maximum absolute atomic E-state index is 11.4. The molecule has 1 aromatic carbocycles. The number of amides is 1. The van der Waals surface area contributed by atoms with Crippen molar-refractivity contribution in [2.45, 2.75) is 39.5 Å². The number of nitro benzene ring substituents is 1. The molecule has 0 unspecified atom stereocenters. The van der Waals surface area contributed by atoms with Gasteiger partial charge in [0.05, 0.1) is 4.92 Å². The largest absolute Gasteiger partial charge is 0.366 e. The standard InChI is InChI=1S/C13H18N2O3/c1-7(2)9-5-6-10(13(14)16)11(8(3)4)12(9)15(17)18/h5-8H,1-4H3,(H2,14,16). The van der Waals surface area contributed by atoms with E-state index in [0.29, 0.717) is 11.1 Å². The molecule has 0 heterocycles. The third-order valence-electron chi connectivity index (χ3n) is 2.90. The van der Waals surface area contributed by atoms with Gasteiger partial charge in [-0.05, 0) is 17.9 Å². The lowest BCUT2D eigenvalue weighted by Crippen LogP contribution is -2.17. The van der Waals surface area contributed by atoms with Gasteiger partial charge in [-0.1, -0.05) is 33.8 Å². The number of carbonyl (C=O) groups is 1. The number of carbonyl (C=O) groups excluding carboxylic acids is 1. The van der Waals surface area contributed by atoms with E-state index < -0.39 is 10.8 Å². The minimum absolute atomic E-state index is 0.0184. The zero-order valence-electron chi connectivity index (χ0n) is 11.1. The van der Waals surface area contributed by atoms with Crippen molar-refractivity contribution in [1.82, 2.24) is 0 Å². The van der Waals surface area contributed by atoms with E-state index in [1.165, 1.54) is 0 Å². The molecule has 0 saturated carbocycles. The molecule has 0 aliphatic rings. The van der Waals surface area contributed by atoms with Crippen molar-refractivity contribution in [2.24, 2.45) is 5.73 Å². The maximum Gasteiger partial charge on any atom is 0.277 e. The third-order valence-corrected chi connectivity index (χ3v) is 2.90. The molecule has 0 radical (unpaired) electrons. The Balaban J connectivity index is 3.71. The molecule has 0 aliphatic carbocycles. The van der Waals surface area contributed by atoms with E-state index in [-0.39, 0.29) is 23.1 Å². The van der Waals surface area contributed by atoms with Crippen LogP contribution in [0.1, 0.15) is 61.0 Å². The third kappa shape index (κ3) is 2.50. The van der Waals surface area contributed by atoms with Crippen molar-refractivity contribution in [3.05, 3.63) is 38.9 Å². The number of hydrogen-bond acceptors (Lipinski definition) is 3. The fourth-order valence-corrected chi connectivity index (χ4v) is 2.09. The Bertz CT molecular complexity index is 493. The maximum atomic E-state index is 11.4. The van der Waals surface area contributed by atoms with Gasteiger partial charge >= 0.3 is 0 Å². The smallest absolute Gasteiger partial charge is 0.277 e. The Morgan fingerprint density at radius 3 is 2.11 bits per heavy atom. The van der Waals surface area contributed by atoms with Gasteiger partial charge in [0, 0.05) is 16.7 Å². The number of hydrogen-bond donors (Lipinski definition) is 1. The second-order valence-electron chi connectivity index (χ2n) is 4.90. The van der Waals surface area contributed by atoms with Crippen LogP contribution < -0.4 is 5.73 Å². The summed E-state index contributed by atoms with van der Waals surface area (Å²) in [5, 5.41) is 11.3. The number of primary amides is 1. The first-order valence-corrected chi connectivity index (χ1v) is 5.88. The lowest BCUT2D eigenvalue weighted by molar-refractivity contribution is -0.386. The lowest BCUT2D eigenvalue weighted by Gasteiger charge is -2.15. The molecule has 0 saturated heterocycles. The van der Waals surface area contributed by atoms with Gasteiger partial charge in [-0.15, -0.1) is 0 Å². The van der Waals surface area contributed by atoms with E-state index in [9.17, 15) is 14.9 Å². The first-order chi connectivity index (χ1) is 8.27. The van der Waals surface area contributed by atoms with Crippen LogP contribution in [0.2, 0.25) is 0 Å². The predicted octanol–water partition coefficient (Wildman–Crippen LogP) is 2.94. The van der Waals surface area contributed by atoms with Crippen LogP contribution in [0.4, 0.5) is 5.69 Å². The minimum Gasteiger partial charge on any atom is -0.366 e. The summed E-state index contributed by atoms with van der Waals surface area (Å²) in [5.41, 5.74) is 6.61. The summed E-state index contributed by atoms with van der Waals surface area (Å²) in [5.74, 6) is -0.742. The molecule has 1 amide bonds. The van der Waals surface area contributed by atoms with E-state index >= 15 is 0 Å². The molecule has 2 N–H and O–H groups in total. The summed E-state index contributed by atoms with van der Waals surface area (Å²) in [6, 6.07) is 3.20. The zero-order valence-corrected chi connectivity index (χ0v) is 11.1. The summed E-state index contributed by atoms with van der Waals surface area (Å²) < 4.78 is 0. The molecule has 1 rings (SSSR count). The fraction of sp³-hybridized carbons (Fsp3) is 0.462. The molecule has 0 spiro atoms. The number of rotatable bonds is 4. The predicted molar refractivity (Wildman–Crippen MR) is 69.8 cm³/mol. The van der Waals surface area contributed by atoms with Gasteiger partial charge in [0.15, 0.2) is 0 Å². The van der Waals surface area contributed by atoms with Crippen molar-refractivity contribution in [3.8, 4) is 0 Å². The molecule has 1 aromatic rings. The van der Waals surface area contributed by atoms with E-state index in [0.717, 1.165) is 0 Å². The Hall–Kier alpha value is -1.91. The number of benzene rings is 1. The van der Waals surface area contributed by atoms with Crippen LogP contribution in [0.5, 0.6) is 0 Å². The highest BCUT2D eigenvalue weighted by molar-refractivity contribution is 5.96. The molecule has 0 aliphatic heterocycles. The summed E-state index contributed by atoms with van der Waals surface area (Å²) in [7, 11) is 0.